The number of aryl methyl sites for hydroxylation is 1. The Kier molecular flexibility index (Phi) is 4.99. The monoisotopic (exact) mass is 298 g/mol. The van der Waals surface area contributed by atoms with Crippen LogP contribution in [0.4, 0.5) is 11.4 Å². The van der Waals surface area contributed by atoms with Gasteiger partial charge >= 0.3 is 0 Å². The molecule has 104 valence electrons. The van der Waals surface area contributed by atoms with Gasteiger partial charge in [0, 0.05) is 17.9 Å². The van der Waals surface area contributed by atoms with Crippen molar-refractivity contribution >= 4 is 41.5 Å². The van der Waals surface area contributed by atoms with Crippen molar-refractivity contribution in [3.8, 4) is 0 Å². The van der Waals surface area contributed by atoms with Gasteiger partial charge < -0.3 is 10.6 Å². The zero-order chi connectivity index (χ0) is 12.4. The quantitative estimate of drug-likeness (QED) is 0.880. The topological polar surface area (TPSA) is 41.1 Å². The number of hydrogen-bond donors (Lipinski definition) is 2. The number of hydrogen-bond acceptors (Lipinski definition) is 3. The van der Waals surface area contributed by atoms with Crippen LogP contribution in [0.3, 0.4) is 0 Å². The molecule has 2 heterocycles. The summed E-state index contributed by atoms with van der Waals surface area (Å²) in [5.74, 6) is 1.29. The van der Waals surface area contributed by atoms with E-state index in [-0.39, 0.29) is 23.6 Å². The van der Waals surface area contributed by atoms with E-state index in [9.17, 15) is 4.79 Å². The third kappa shape index (κ3) is 3.37. The van der Waals surface area contributed by atoms with Gasteiger partial charge in [0.05, 0.1) is 5.25 Å². The molecule has 5 heteroatoms. The molecule has 1 aromatic carbocycles. The Labute approximate surface area is 124 Å². The number of carbonyl (C=O) groups excluding carboxylic acids is 1. The average Bonchev–Trinajstić information content (AvgIpc) is 2.92. The maximum Gasteiger partial charge on any atom is 0.237 e. The lowest BCUT2D eigenvalue weighted by molar-refractivity contribution is -0.115. The number of benzene rings is 1. The molecule has 1 amide bonds. The predicted octanol–water partition coefficient (Wildman–Crippen LogP) is 3.30. The van der Waals surface area contributed by atoms with Crippen LogP contribution in [0.1, 0.15) is 24.8 Å². The molecule has 0 radical (unpaired) electrons. The number of carbonyl (C=O) groups is 1. The van der Waals surface area contributed by atoms with Gasteiger partial charge in [0.2, 0.25) is 5.91 Å². The number of halogens is 1. The number of thioether (sulfide) groups is 1. The molecule has 1 unspecified atom stereocenters. The van der Waals surface area contributed by atoms with Crippen LogP contribution in [-0.2, 0) is 11.2 Å². The van der Waals surface area contributed by atoms with E-state index >= 15 is 0 Å². The number of anilines is 2. The Morgan fingerprint density at radius 1 is 1.37 bits per heavy atom. The molecular weight excluding hydrogens is 280 g/mol. The van der Waals surface area contributed by atoms with Gasteiger partial charge in [0.25, 0.3) is 0 Å². The van der Waals surface area contributed by atoms with Crippen molar-refractivity contribution in [3.05, 3.63) is 23.8 Å². The number of amides is 1. The normalized spacial score (nSPS) is 20.9. The molecule has 0 aliphatic carbocycles. The zero-order valence-corrected chi connectivity index (χ0v) is 12.4. The molecule has 3 nitrogen and oxygen atoms in total. The molecule has 0 saturated carbocycles. The van der Waals surface area contributed by atoms with Crippen LogP contribution in [0, 0.1) is 0 Å². The summed E-state index contributed by atoms with van der Waals surface area (Å²) in [6, 6.07) is 6.18. The summed E-state index contributed by atoms with van der Waals surface area (Å²) in [5.41, 5.74) is 3.47. The summed E-state index contributed by atoms with van der Waals surface area (Å²) in [6.07, 6.45) is 4.45. The highest BCUT2D eigenvalue weighted by Gasteiger charge is 2.23. The van der Waals surface area contributed by atoms with Crippen molar-refractivity contribution in [2.24, 2.45) is 0 Å². The molecule has 1 atom stereocenters. The Morgan fingerprint density at radius 3 is 3.05 bits per heavy atom. The molecule has 3 rings (SSSR count). The predicted molar refractivity (Wildman–Crippen MR) is 84.6 cm³/mol. The standard InChI is InChI=1S/C14H18N2OS.ClH/c17-14(13-4-2-8-18-13)16-11-5-6-12-10(9-11)3-1-7-15-12;/h5-6,9,13,15H,1-4,7-8H2,(H,16,17);1H. The maximum absolute atomic E-state index is 12.0. The van der Waals surface area contributed by atoms with E-state index in [0.717, 1.165) is 37.2 Å². The van der Waals surface area contributed by atoms with Gasteiger partial charge in [-0.25, -0.2) is 0 Å². The Morgan fingerprint density at radius 2 is 2.26 bits per heavy atom. The molecule has 0 bridgehead atoms. The fraction of sp³-hybridized carbons (Fsp3) is 0.500. The lowest BCUT2D eigenvalue weighted by Gasteiger charge is -2.19. The Hall–Kier alpha value is -0.870. The third-order valence-electron chi connectivity index (χ3n) is 3.53. The number of nitrogens with one attached hydrogen (secondary N) is 2. The van der Waals surface area contributed by atoms with Gasteiger partial charge in [0.1, 0.15) is 0 Å². The minimum atomic E-state index is 0. The second-order valence-corrected chi connectivity index (χ2v) is 6.20. The summed E-state index contributed by atoms with van der Waals surface area (Å²) < 4.78 is 0. The van der Waals surface area contributed by atoms with Crippen molar-refractivity contribution < 1.29 is 4.79 Å². The van der Waals surface area contributed by atoms with Crippen molar-refractivity contribution in [2.45, 2.75) is 30.9 Å². The van der Waals surface area contributed by atoms with E-state index in [4.69, 9.17) is 0 Å². The highest BCUT2D eigenvalue weighted by Crippen LogP contribution is 2.29. The van der Waals surface area contributed by atoms with E-state index in [1.165, 1.54) is 17.7 Å². The lowest BCUT2D eigenvalue weighted by atomic mass is 10.0. The smallest absolute Gasteiger partial charge is 0.237 e. The van der Waals surface area contributed by atoms with E-state index < -0.39 is 0 Å². The van der Waals surface area contributed by atoms with Crippen LogP contribution in [0.15, 0.2) is 18.2 Å². The summed E-state index contributed by atoms with van der Waals surface area (Å²) in [4.78, 5) is 12.0. The summed E-state index contributed by atoms with van der Waals surface area (Å²) in [6.45, 7) is 1.05. The molecule has 2 aliphatic heterocycles. The van der Waals surface area contributed by atoms with Crippen LogP contribution in [0.25, 0.3) is 0 Å². The Balaban J connectivity index is 0.00000133. The lowest BCUT2D eigenvalue weighted by Crippen LogP contribution is -2.23. The first-order valence-electron chi connectivity index (χ1n) is 6.62. The summed E-state index contributed by atoms with van der Waals surface area (Å²) in [5, 5.41) is 6.58. The van der Waals surface area contributed by atoms with Crippen molar-refractivity contribution in [2.75, 3.05) is 22.9 Å². The second kappa shape index (κ2) is 6.53. The zero-order valence-electron chi connectivity index (χ0n) is 10.8. The van der Waals surface area contributed by atoms with Gasteiger partial charge in [-0.15, -0.1) is 24.2 Å². The van der Waals surface area contributed by atoms with Crippen molar-refractivity contribution in [1.82, 2.24) is 0 Å². The number of fused-ring (bicyclic) bond motifs is 1. The molecule has 1 aromatic rings. The van der Waals surface area contributed by atoms with Crippen LogP contribution < -0.4 is 10.6 Å². The molecule has 2 aliphatic rings. The molecule has 19 heavy (non-hydrogen) atoms. The highest BCUT2D eigenvalue weighted by atomic mass is 35.5. The van der Waals surface area contributed by atoms with Gasteiger partial charge in [-0.2, -0.15) is 0 Å². The van der Waals surface area contributed by atoms with Crippen molar-refractivity contribution in [3.63, 3.8) is 0 Å². The molecule has 2 N–H and O–H groups in total. The first kappa shape index (κ1) is 14.5. The minimum absolute atomic E-state index is 0. The first-order chi connectivity index (χ1) is 8.83. The molecule has 0 spiro atoms. The third-order valence-corrected chi connectivity index (χ3v) is 4.91. The average molecular weight is 299 g/mol. The van der Waals surface area contributed by atoms with Gasteiger partial charge in [0.15, 0.2) is 0 Å². The molecule has 1 fully saturated rings. The number of rotatable bonds is 2. The fourth-order valence-corrected chi connectivity index (χ4v) is 3.72. The second-order valence-electron chi connectivity index (χ2n) is 4.89. The Bertz CT molecular complexity index is 461. The SMILES string of the molecule is Cl.O=C(Nc1ccc2c(c1)CCCN2)C1CCCS1. The van der Waals surface area contributed by atoms with Crippen LogP contribution in [0.5, 0.6) is 0 Å². The highest BCUT2D eigenvalue weighted by molar-refractivity contribution is 8.00. The van der Waals surface area contributed by atoms with E-state index in [0.29, 0.717) is 0 Å². The largest absolute Gasteiger partial charge is 0.385 e. The van der Waals surface area contributed by atoms with Gasteiger partial charge in [-0.05, 0) is 55.2 Å². The summed E-state index contributed by atoms with van der Waals surface area (Å²) in [7, 11) is 0. The van der Waals surface area contributed by atoms with E-state index in [1.54, 1.807) is 11.8 Å². The fourth-order valence-electron chi connectivity index (χ4n) is 2.56. The minimum Gasteiger partial charge on any atom is -0.385 e. The van der Waals surface area contributed by atoms with Gasteiger partial charge in [-0.3, -0.25) is 4.79 Å². The molecule has 1 saturated heterocycles. The van der Waals surface area contributed by atoms with E-state index in [1.807, 2.05) is 6.07 Å². The van der Waals surface area contributed by atoms with Crippen LogP contribution >= 0.6 is 24.2 Å². The summed E-state index contributed by atoms with van der Waals surface area (Å²) >= 11 is 1.77. The van der Waals surface area contributed by atoms with Crippen LogP contribution in [0.2, 0.25) is 0 Å². The van der Waals surface area contributed by atoms with E-state index in [2.05, 4.69) is 22.8 Å². The van der Waals surface area contributed by atoms with Gasteiger partial charge in [-0.1, -0.05) is 0 Å². The molecule has 0 aromatic heterocycles. The van der Waals surface area contributed by atoms with Crippen LogP contribution in [-0.4, -0.2) is 23.5 Å². The maximum atomic E-state index is 12.0. The van der Waals surface area contributed by atoms with Crippen molar-refractivity contribution in [1.29, 1.82) is 0 Å². The molecular formula is C14H19ClN2OS. The first-order valence-corrected chi connectivity index (χ1v) is 7.67.